The topological polar surface area (TPSA) is 92.7 Å². The van der Waals surface area contributed by atoms with Crippen LogP contribution in [-0.4, -0.2) is 35.9 Å². The van der Waals surface area contributed by atoms with Crippen LogP contribution in [0.25, 0.3) is 0 Å². The Morgan fingerprint density at radius 3 is 2.50 bits per heavy atom. The summed E-state index contributed by atoms with van der Waals surface area (Å²) in [6.07, 6.45) is 0.604. The minimum absolute atomic E-state index is 0.0565. The van der Waals surface area contributed by atoms with E-state index in [2.05, 4.69) is 5.32 Å². The SMILES string of the molecule is CC(=O)c1cccc(OCCCC(=O)NCC(C(=O)O)c2ccc(F)cc2)c1. The molecule has 7 heteroatoms. The lowest BCUT2D eigenvalue weighted by Crippen LogP contribution is -2.31. The van der Waals surface area contributed by atoms with Gasteiger partial charge in [0.2, 0.25) is 5.91 Å². The van der Waals surface area contributed by atoms with E-state index in [1.165, 1.54) is 31.2 Å². The zero-order valence-corrected chi connectivity index (χ0v) is 15.5. The second kappa shape index (κ2) is 10.2. The van der Waals surface area contributed by atoms with E-state index in [-0.39, 0.29) is 31.3 Å². The molecule has 0 aliphatic heterocycles. The van der Waals surface area contributed by atoms with Crippen LogP contribution in [0.1, 0.15) is 41.6 Å². The summed E-state index contributed by atoms with van der Waals surface area (Å²) in [6, 6.07) is 11.9. The predicted octanol–water partition coefficient (Wildman–Crippen LogP) is 3.17. The molecule has 0 aliphatic carbocycles. The van der Waals surface area contributed by atoms with Gasteiger partial charge in [-0.25, -0.2) is 4.39 Å². The molecule has 148 valence electrons. The summed E-state index contributed by atoms with van der Waals surface area (Å²) >= 11 is 0. The van der Waals surface area contributed by atoms with Gasteiger partial charge in [0.1, 0.15) is 11.6 Å². The highest BCUT2D eigenvalue weighted by Gasteiger charge is 2.20. The minimum Gasteiger partial charge on any atom is -0.494 e. The quantitative estimate of drug-likeness (QED) is 0.483. The van der Waals surface area contributed by atoms with Crippen molar-refractivity contribution in [3.8, 4) is 5.75 Å². The summed E-state index contributed by atoms with van der Waals surface area (Å²) in [6.45, 7) is 1.68. The van der Waals surface area contributed by atoms with Gasteiger partial charge in [-0.05, 0) is 43.2 Å². The first kappa shape index (κ1) is 21.1. The zero-order chi connectivity index (χ0) is 20.5. The molecule has 1 atom stereocenters. The van der Waals surface area contributed by atoms with Gasteiger partial charge in [0.05, 0.1) is 12.5 Å². The fourth-order valence-corrected chi connectivity index (χ4v) is 2.57. The van der Waals surface area contributed by atoms with Crippen molar-refractivity contribution in [2.24, 2.45) is 0 Å². The molecule has 0 heterocycles. The second-order valence-corrected chi connectivity index (χ2v) is 6.28. The first-order valence-electron chi connectivity index (χ1n) is 8.85. The van der Waals surface area contributed by atoms with Crippen molar-refractivity contribution in [1.29, 1.82) is 0 Å². The maximum atomic E-state index is 13.0. The van der Waals surface area contributed by atoms with Crippen molar-refractivity contribution in [2.75, 3.05) is 13.2 Å². The summed E-state index contributed by atoms with van der Waals surface area (Å²) in [7, 11) is 0. The lowest BCUT2D eigenvalue weighted by atomic mass is 9.99. The van der Waals surface area contributed by atoms with Crippen LogP contribution < -0.4 is 10.1 Å². The Hall–Kier alpha value is -3.22. The summed E-state index contributed by atoms with van der Waals surface area (Å²) in [4.78, 5) is 34.7. The van der Waals surface area contributed by atoms with Crippen LogP contribution in [-0.2, 0) is 9.59 Å². The number of ketones is 1. The van der Waals surface area contributed by atoms with E-state index in [1.54, 1.807) is 24.3 Å². The molecule has 0 aromatic heterocycles. The first-order valence-corrected chi connectivity index (χ1v) is 8.85. The number of carbonyl (C=O) groups is 3. The number of halogens is 1. The molecule has 28 heavy (non-hydrogen) atoms. The fourth-order valence-electron chi connectivity index (χ4n) is 2.57. The number of nitrogens with one attached hydrogen (secondary N) is 1. The van der Waals surface area contributed by atoms with Gasteiger partial charge in [-0.1, -0.05) is 24.3 Å². The van der Waals surface area contributed by atoms with Crippen LogP contribution in [0.3, 0.4) is 0 Å². The summed E-state index contributed by atoms with van der Waals surface area (Å²) in [5, 5.41) is 11.9. The van der Waals surface area contributed by atoms with Gasteiger partial charge in [-0.2, -0.15) is 0 Å². The Kier molecular flexibility index (Phi) is 7.68. The molecule has 2 N–H and O–H groups in total. The fraction of sp³-hybridized carbons (Fsp3) is 0.286. The maximum Gasteiger partial charge on any atom is 0.312 e. The smallest absolute Gasteiger partial charge is 0.312 e. The van der Waals surface area contributed by atoms with Crippen LogP contribution in [0.2, 0.25) is 0 Å². The monoisotopic (exact) mass is 387 g/mol. The number of amides is 1. The van der Waals surface area contributed by atoms with Crippen LogP contribution in [0.4, 0.5) is 4.39 Å². The Morgan fingerprint density at radius 1 is 1.14 bits per heavy atom. The number of rotatable bonds is 10. The molecular formula is C21H22FNO5. The number of carbonyl (C=O) groups excluding carboxylic acids is 2. The number of carboxylic acids is 1. The highest BCUT2D eigenvalue weighted by Crippen LogP contribution is 2.16. The van der Waals surface area contributed by atoms with Crippen LogP contribution in [0.5, 0.6) is 5.75 Å². The Balaban J connectivity index is 1.75. The van der Waals surface area contributed by atoms with Crippen molar-refractivity contribution < 1.29 is 28.6 Å². The van der Waals surface area contributed by atoms with Gasteiger partial charge >= 0.3 is 5.97 Å². The highest BCUT2D eigenvalue weighted by molar-refractivity contribution is 5.94. The number of aliphatic carboxylic acids is 1. The number of hydrogen-bond donors (Lipinski definition) is 2. The molecule has 2 aromatic rings. The first-order chi connectivity index (χ1) is 13.4. The van der Waals surface area contributed by atoms with Gasteiger partial charge in [0.25, 0.3) is 0 Å². The van der Waals surface area contributed by atoms with Gasteiger partial charge in [-0.3, -0.25) is 14.4 Å². The molecule has 0 aliphatic rings. The summed E-state index contributed by atoms with van der Waals surface area (Å²) in [5.74, 6) is -2.30. The molecule has 1 amide bonds. The number of hydrogen-bond acceptors (Lipinski definition) is 4. The van der Waals surface area contributed by atoms with Crippen molar-refractivity contribution in [2.45, 2.75) is 25.7 Å². The van der Waals surface area contributed by atoms with E-state index in [4.69, 9.17) is 4.74 Å². The molecule has 0 fully saturated rings. The minimum atomic E-state index is -1.10. The average molecular weight is 387 g/mol. The highest BCUT2D eigenvalue weighted by atomic mass is 19.1. The Labute approximate surface area is 162 Å². The molecule has 6 nitrogen and oxygen atoms in total. The third-order valence-corrected chi connectivity index (χ3v) is 4.13. The predicted molar refractivity (Wildman–Crippen MR) is 101 cm³/mol. The Bertz CT molecular complexity index is 835. The average Bonchev–Trinajstić information content (AvgIpc) is 2.66. The van der Waals surface area contributed by atoms with Crippen LogP contribution >= 0.6 is 0 Å². The van der Waals surface area contributed by atoms with Crippen LogP contribution in [0.15, 0.2) is 48.5 Å². The number of carboxylic acid groups (broad SMARTS) is 1. The standard InChI is InChI=1S/C21H22FNO5/c1-14(24)16-4-2-5-18(12-16)28-11-3-6-20(25)23-13-19(21(26)27)15-7-9-17(22)10-8-15/h2,4-5,7-10,12,19H,3,6,11,13H2,1H3,(H,23,25)(H,26,27). The molecule has 0 saturated heterocycles. The molecule has 0 bridgehead atoms. The van der Waals surface area contributed by atoms with Gasteiger partial charge in [0, 0.05) is 18.5 Å². The number of ether oxygens (including phenoxy) is 1. The van der Waals surface area contributed by atoms with Crippen molar-refractivity contribution in [3.05, 3.63) is 65.5 Å². The normalized spacial score (nSPS) is 11.5. The van der Waals surface area contributed by atoms with Crippen molar-refractivity contribution in [3.63, 3.8) is 0 Å². The largest absolute Gasteiger partial charge is 0.494 e. The second-order valence-electron chi connectivity index (χ2n) is 6.28. The summed E-state index contributed by atoms with van der Waals surface area (Å²) < 4.78 is 18.5. The van der Waals surface area contributed by atoms with Crippen molar-refractivity contribution >= 4 is 17.7 Å². The molecule has 0 saturated carbocycles. The van der Waals surface area contributed by atoms with Crippen LogP contribution in [0, 0.1) is 5.82 Å². The molecule has 2 rings (SSSR count). The van der Waals surface area contributed by atoms with Gasteiger partial charge < -0.3 is 15.2 Å². The zero-order valence-electron chi connectivity index (χ0n) is 15.5. The lowest BCUT2D eigenvalue weighted by Gasteiger charge is -2.14. The van der Waals surface area contributed by atoms with E-state index in [0.717, 1.165) is 0 Å². The van der Waals surface area contributed by atoms with Crippen molar-refractivity contribution in [1.82, 2.24) is 5.32 Å². The molecule has 1 unspecified atom stereocenters. The van der Waals surface area contributed by atoms with Gasteiger partial charge in [0.15, 0.2) is 5.78 Å². The molecule has 2 aromatic carbocycles. The molecule has 0 radical (unpaired) electrons. The number of Topliss-reactive ketones (excluding diaryl/α,β-unsaturated/α-hetero) is 1. The van der Waals surface area contributed by atoms with E-state index in [0.29, 0.717) is 23.3 Å². The number of benzene rings is 2. The molecule has 0 spiro atoms. The van der Waals surface area contributed by atoms with E-state index in [9.17, 15) is 23.9 Å². The third-order valence-electron chi connectivity index (χ3n) is 4.13. The van der Waals surface area contributed by atoms with E-state index in [1.807, 2.05) is 0 Å². The van der Waals surface area contributed by atoms with E-state index >= 15 is 0 Å². The Morgan fingerprint density at radius 2 is 1.86 bits per heavy atom. The maximum absolute atomic E-state index is 13.0. The molecular weight excluding hydrogens is 365 g/mol. The summed E-state index contributed by atoms with van der Waals surface area (Å²) in [5.41, 5.74) is 0.971. The third kappa shape index (κ3) is 6.50. The van der Waals surface area contributed by atoms with E-state index < -0.39 is 17.7 Å². The lowest BCUT2D eigenvalue weighted by molar-refractivity contribution is -0.138. The van der Waals surface area contributed by atoms with Gasteiger partial charge in [-0.15, -0.1) is 0 Å².